The molecule has 1 heterocycles. The average molecular weight is 275 g/mol. The van der Waals surface area contributed by atoms with Gasteiger partial charge in [-0.1, -0.05) is 0 Å². The average Bonchev–Trinajstić information content (AvgIpc) is 3.19. The summed E-state index contributed by atoms with van der Waals surface area (Å²) in [6.45, 7) is 3.98. The van der Waals surface area contributed by atoms with Crippen molar-refractivity contribution in [3.8, 4) is 0 Å². The highest BCUT2D eigenvalue weighted by atomic mass is 16.5. The second-order valence-electron chi connectivity index (χ2n) is 5.99. The second-order valence-corrected chi connectivity index (χ2v) is 5.99. The van der Waals surface area contributed by atoms with Crippen molar-refractivity contribution in [3.05, 3.63) is 23.0 Å². The fraction of sp³-hybridized carbons (Fsp3) is 0.625. The Morgan fingerprint density at radius 3 is 2.65 bits per heavy atom. The summed E-state index contributed by atoms with van der Waals surface area (Å²) in [5, 5.41) is 0. The lowest BCUT2D eigenvalue weighted by Crippen LogP contribution is -2.30. The molecule has 0 bridgehead atoms. The second kappa shape index (κ2) is 5.08. The van der Waals surface area contributed by atoms with Crippen molar-refractivity contribution >= 4 is 11.8 Å². The van der Waals surface area contributed by atoms with E-state index < -0.39 is 6.10 Å². The van der Waals surface area contributed by atoms with Crippen LogP contribution in [0.1, 0.15) is 66.3 Å². The van der Waals surface area contributed by atoms with Crippen LogP contribution in [0.5, 0.6) is 0 Å². The first-order chi connectivity index (χ1) is 9.58. The zero-order valence-corrected chi connectivity index (χ0v) is 12.1. The molecule has 20 heavy (non-hydrogen) atoms. The Morgan fingerprint density at radius 1 is 1.25 bits per heavy atom. The Bertz CT molecular complexity index is 554. The molecule has 0 radical (unpaired) electrons. The normalized spacial score (nSPS) is 22.9. The molecule has 0 saturated heterocycles. The van der Waals surface area contributed by atoms with E-state index in [-0.39, 0.29) is 11.8 Å². The summed E-state index contributed by atoms with van der Waals surface area (Å²) in [5.41, 5.74) is 2.69. The Kier molecular flexibility index (Phi) is 3.40. The first kappa shape index (κ1) is 13.4. The van der Waals surface area contributed by atoms with Gasteiger partial charge in [0.15, 0.2) is 11.9 Å². The molecule has 1 aromatic heterocycles. The van der Waals surface area contributed by atoms with E-state index in [4.69, 9.17) is 4.74 Å². The maximum absolute atomic E-state index is 12.3. The number of carbonyl (C=O) groups is 2. The number of esters is 1. The van der Waals surface area contributed by atoms with Gasteiger partial charge in [-0.05, 0) is 52.0 Å². The number of Topliss-reactive ketones (excluding diaryl/α,β-unsaturated/α-hetero) is 1. The van der Waals surface area contributed by atoms with Gasteiger partial charge in [0.2, 0.25) is 0 Å². The van der Waals surface area contributed by atoms with Gasteiger partial charge in [-0.25, -0.2) is 4.79 Å². The zero-order chi connectivity index (χ0) is 14.3. The molecule has 4 heteroatoms. The number of nitrogens with zero attached hydrogens (tertiary/aromatic N) is 1. The fourth-order valence-electron chi connectivity index (χ4n) is 3.15. The largest absolute Gasteiger partial charge is 0.451 e. The van der Waals surface area contributed by atoms with E-state index in [2.05, 4.69) is 4.57 Å². The molecule has 1 atom stereocenters. The number of hydrogen-bond acceptors (Lipinski definition) is 3. The maximum atomic E-state index is 12.3. The van der Waals surface area contributed by atoms with E-state index >= 15 is 0 Å². The van der Waals surface area contributed by atoms with Crippen LogP contribution < -0.4 is 0 Å². The molecular weight excluding hydrogens is 254 g/mol. The third-order valence-corrected chi connectivity index (χ3v) is 4.36. The SMILES string of the molecule is Cc1cc(C(=O)O[C@H]2CCCCC2=O)c(C)n1C1CC1. The van der Waals surface area contributed by atoms with Crippen LogP contribution >= 0.6 is 0 Å². The third-order valence-electron chi connectivity index (χ3n) is 4.36. The summed E-state index contributed by atoms with van der Waals surface area (Å²) < 4.78 is 7.66. The van der Waals surface area contributed by atoms with Gasteiger partial charge >= 0.3 is 5.97 Å². The summed E-state index contributed by atoms with van der Waals surface area (Å²) in [7, 11) is 0. The van der Waals surface area contributed by atoms with Crippen LogP contribution in [0.15, 0.2) is 6.07 Å². The number of rotatable bonds is 3. The Labute approximate surface area is 119 Å². The van der Waals surface area contributed by atoms with Crippen molar-refractivity contribution in [2.24, 2.45) is 0 Å². The highest BCUT2D eigenvalue weighted by Gasteiger charge is 2.31. The van der Waals surface area contributed by atoms with Gasteiger partial charge in [0.05, 0.1) is 5.56 Å². The number of ketones is 1. The van der Waals surface area contributed by atoms with E-state index in [9.17, 15) is 9.59 Å². The number of ether oxygens (including phenoxy) is 1. The molecule has 4 nitrogen and oxygen atoms in total. The molecule has 2 aliphatic carbocycles. The van der Waals surface area contributed by atoms with Gasteiger partial charge in [0.25, 0.3) is 0 Å². The lowest BCUT2D eigenvalue weighted by Gasteiger charge is -2.20. The van der Waals surface area contributed by atoms with Crippen LogP contribution in [0.2, 0.25) is 0 Å². The Morgan fingerprint density at radius 2 is 2.00 bits per heavy atom. The molecule has 0 N–H and O–H groups in total. The van der Waals surface area contributed by atoms with Crippen molar-refractivity contribution in [1.29, 1.82) is 0 Å². The van der Waals surface area contributed by atoms with Crippen LogP contribution in [-0.4, -0.2) is 22.4 Å². The molecule has 0 aliphatic heterocycles. The molecule has 108 valence electrons. The van der Waals surface area contributed by atoms with E-state index in [0.717, 1.165) is 24.2 Å². The van der Waals surface area contributed by atoms with Gasteiger partial charge in [0, 0.05) is 23.9 Å². The molecule has 0 spiro atoms. The minimum atomic E-state index is -0.528. The monoisotopic (exact) mass is 275 g/mol. The minimum Gasteiger partial charge on any atom is -0.451 e. The Balaban J connectivity index is 1.77. The highest BCUT2D eigenvalue weighted by Crippen LogP contribution is 2.38. The molecular formula is C16H21NO3. The van der Waals surface area contributed by atoms with E-state index in [1.54, 1.807) is 0 Å². The van der Waals surface area contributed by atoms with Gasteiger partial charge in [0.1, 0.15) is 0 Å². The molecule has 2 aliphatic rings. The van der Waals surface area contributed by atoms with Gasteiger partial charge in [-0.15, -0.1) is 0 Å². The maximum Gasteiger partial charge on any atom is 0.340 e. The van der Waals surface area contributed by atoms with Crippen LogP contribution in [0.3, 0.4) is 0 Å². The Hall–Kier alpha value is -1.58. The van der Waals surface area contributed by atoms with Gasteiger partial charge in [-0.2, -0.15) is 0 Å². The zero-order valence-electron chi connectivity index (χ0n) is 12.1. The van der Waals surface area contributed by atoms with E-state index in [0.29, 0.717) is 24.4 Å². The first-order valence-corrected chi connectivity index (χ1v) is 7.50. The highest BCUT2D eigenvalue weighted by molar-refractivity contribution is 5.94. The molecule has 0 aromatic carbocycles. The van der Waals surface area contributed by atoms with Gasteiger partial charge in [-0.3, -0.25) is 4.79 Å². The van der Waals surface area contributed by atoms with Gasteiger partial charge < -0.3 is 9.30 Å². The smallest absolute Gasteiger partial charge is 0.340 e. The number of aryl methyl sites for hydroxylation is 1. The summed E-state index contributed by atoms with van der Waals surface area (Å²) in [6, 6.07) is 2.44. The predicted octanol–water partition coefficient (Wildman–Crippen LogP) is 3.11. The standard InChI is InChI=1S/C16H21NO3/c1-10-9-13(11(2)17(10)12-7-8-12)16(19)20-15-6-4-3-5-14(15)18/h9,12,15H,3-8H2,1-2H3/t15-/m0/s1. The predicted molar refractivity (Wildman–Crippen MR) is 74.9 cm³/mol. The molecule has 1 aromatic rings. The number of carbonyl (C=O) groups excluding carboxylic acids is 2. The van der Waals surface area contributed by atoms with Crippen molar-refractivity contribution in [3.63, 3.8) is 0 Å². The van der Waals surface area contributed by atoms with E-state index in [1.807, 2.05) is 19.9 Å². The minimum absolute atomic E-state index is 0.0700. The number of aromatic nitrogens is 1. The fourth-order valence-corrected chi connectivity index (χ4v) is 3.15. The van der Waals surface area contributed by atoms with Crippen LogP contribution in [-0.2, 0) is 9.53 Å². The molecule has 0 unspecified atom stereocenters. The quantitative estimate of drug-likeness (QED) is 0.796. The topological polar surface area (TPSA) is 48.3 Å². The lowest BCUT2D eigenvalue weighted by molar-refractivity contribution is -0.129. The van der Waals surface area contributed by atoms with Crippen molar-refractivity contribution in [2.75, 3.05) is 0 Å². The lowest BCUT2D eigenvalue weighted by atomic mass is 9.96. The van der Waals surface area contributed by atoms with Crippen LogP contribution in [0.4, 0.5) is 0 Å². The summed E-state index contributed by atoms with van der Waals surface area (Å²) in [4.78, 5) is 24.1. The molecule has 3 rings (SSSR count). The van der Waals surface area contributed by atoms with Crippen molar-refractivity contribution < 1.29 is 14.3 Å². The van der Waals surface area contributed by atoms with E-state index in [1.165, 1.54) is 12.8 Å². The summed E-state index contributed by atoms with van der Waals surface area (Å²) in [6.07, 6.45) is 4.94. The summed E-state index contributed by atoms with van der Waals surface area (Å²) >= 11 is 0. The number of hydrogen-bond donors (Lipinski definition) is 0. The first-order valence-electron chi connectivity index (χ1n) is 7.50. The third kappa shape index (κ3) is 2.39. The summed E-state index contributed by atoms with van der Waals surface area (Å²) in [5.74, 6) is -0.272. The van der Waals surface area contributed by atoms with Crippen LogP contribution in [0, 0.1) is 13.8 Å². The van der Waals surface area contributed by atoms with Crippen molar-refractivity contribution in [1.82, 2.24) is 4.57 Å². The molecule has 2 fully saturated rings. The molecule has 0 amide bonds. The van der Waals surface area contributed by atoms with Crippen LogP contribution in [0.25, 0.3) is 0 Å². The molecule has 2 saturated carbocycles. The van der Waals surface area contributed by atoms with Crippen molar-refractivity contribution in [2.45, 2.75) is 64.5 Å².